The van der Waals surface area contributed by atoms with Crippen molar-refractivity contribution in [1.82, 2.24) is 0 Å². The highest BCUT2D eigenvalue weighted by Crippen LogP contribution is 2.36. The topological polar surface area (TPSA) is 26.0 Å². The Balaban J connectivity index is 2.77. The van der Waals surface area contributed by atoms with Crippen LogP contribution in [0.1, 0.15) is 24.3 Å². The van der Waals surface area contributed by atoms with E-state index in [1.165, 1.54) is 4.88 Å². The molecule has 72 valence electrons. The van der Waals surface area contributed by atoms with Crippen molar-refractivity contribution in [2.75, 3.05) is 0 Å². The van der Waals surface area contributed by atoms with Crippen LogP contribution in [-0.2, 0) is 0 Å². The van der Waals surface area contributed by atoms with Crippen LogP contribution in [0, 0.1) is 0 Å². The molecule has 1 aromatic heterocycles. The first-order valence-corrected chi connectivity index (χ1v) is 6.25. The third-order valence-corrected chi connectivity index (χ3v) is 4.99. The van der Waals surface area contributed by atoms with Gasteiger partial charge in [0.05, 0.1) is 3.79 Å². The molecule has 13 heavy (non-hydrogen) atoms. The highest BCUT2D eigenvalue weighted by molar-refractivity contribution is 9.13. The third kappa shape index (κ3) is 3.20. The van der Waals surface area contributed by atoms with E-state index in [2.05, 4.69) is 44.5 Å². The molecule has 0 radical (unpaired) electrons. The molecule has 1 atom stereocenters. The second kappa shape index (κ2) is 4.73. The van der Waals surface area contributed by atoms with Gasteiger partial charge in [0.15, 0.2) is 0 Å². The van der Waals surface area contributed by atoms with Crippen LogP contribution in [0.2, 0.25) is 0 Å². The number of nitrogens with two attached hydrogens (primary N) is 1. The van der Waals surface area contributed by atoms with E-state index in [1.54, 1.807) is 11.3 Å². The van der Waals surface area contributed by atoms with Gasteiger partial charge in [-0.2, -0.15) is 0 Å². The van der Waals surface area contributed by atoms with Crippen LogP contribution in [0.3, 0.4) is 0 Å². The molecule has 1 rings (SSSR count). The quantitative estimate of drug-likeness (QED) is 0.827. The van der Waals surface area contributed by atoms with Crippen molar-refractivity contribution in [3.63, 3.8) is 0 Å². The van der Waals surface area contributed by atoms with Crippen molar-refractivity contribution in [2.24, 2.45) is 5.73 Å². The minimum atomic E-state index is 0.0742. The maximum atomic E-state index is 5.99. The average Bonchev–Trinajstić information content (AvgIpc) is 2.31. The van der Waals surface area contributed by atoms with Crippen LogP contribution >= 0.6 is 43.2 Å². The van der Waals surface area contributed by atoms with Crippen LogP contribution in [0.4, 0.5) is 0 Å². The van der Waals surface area contributed by atoms with Crippen LogP contribution in [-0.4, -0.2) is 0 Å². The Bertz CT molecular complexity index is 300. The van der Waals surface area contributed by atoms with Crippen molar-refractivity contribution < 1.29 is 0 Å². The average molecular weight is 325 g/mol. The third-order valence-electron chi connectivity index (χ3n) is 1.60. The zero-order chi connectivity index (χ0) is 10.0. The van der Waals surface area contributed by atoms with E-state index in [1.807, 2.05) is 6.92 Å². The van der Waals surface area contributed by atoms with Crippen molar-refractivity contribution in [2.45, 2.75) is 19.4 Å². The number of thiophene rings is 1. The van der Waals surface area contributed by atoms with Gasteiger partial charge in [-0.05, 0) is 51.3 Å². The summed E-state index contributed by atoms with van der Waals surface area (Å²) in [7, 11) is 0. The number of hydrogen-bond donors (Lipinski definition) is 1. The molecule has 0 aromatic carbocycles. The predicted octanol–water partition coefficient (Wildman–Crippen LogP) is 4.24. The largest absolute Gasteiger partial charge is 0.323 e. The summed E-state index contributed by atoms with van der Waals surface area (Å²) in [6.07, 6.45) is 0.847. The Kier molecular flexibility index (Phi) is 4.16. The molecule has 1 nitrogen and oxygen atoms in total. The fraction of sp³-hybridized carbons (Fsp3) is 0.333. The van der Waals surface area contributed by atoms with Gasteiger partial charge in [-0.15, -0.1) is 17.9 Å². The lowest BCUT2D eigenvalue weighted by atomic mass is 10.1. The zero-order valence-electron chi connectivity index (χ0n) is 7.31. The van der Waals surface area contributed by atoms with E-state index in [0.29, 0.717) is 0 Å². The van der Waals surface area contributed by atoms with E-state index >= 15 is 0 Å². The van der Waals surface area contributed by atoms with Gasteiger partial charge in [0.1, 0.15) is 0 Å². The van der Waals surface area contributed by atoms with Crippen LogP contribution in [0.25, 0.3) is 0 Å². The minimum Gasteiger partial charge on any atom is -0.323 e. The summed E-state index contributed by atoms with van der Waals surface area (Å²) >= 11 is 8.55. The number of hydrogen-bond acceptors (Lipinski definition) is 2. The molecule has 1 aromatic rings. The second-order valence-corrected chi connectivity index (χ2v) is 6.29. The molecule has 0 unspecified atom stereocenters. The number of halogens is 2. The summed E-state index contributed by atoms with van der Waals surface area (Å²) in [4.78, 5) is 1.18. The van der Waals surface area contributed by atoms with Crippen LogP contribution in [0.15, 0.2) is 26.5 Å². The molecule has 0 fully saturated rings. The predicted molar refractivity (Wildman–Crippen MR) is 66.1 cm³/mol. The molecule has 1 heterocycles. The molecular formula is C9H11Br2NS. The Morgan fingerprint density at radius 1 is 1.69 bits per heavy atom. The molecule has 2 N–H and O–H groups in total. The Labute approximate surface area is 99.3 Å². The molecule has 0 spiro atoms. The smallest absolute Gasteiger partial charge is 0.0843 e. The minimum absolute atomic E-state index is 0.0742. The van der Waals surface area contributed by atoms with Crippen molar-refractivity contribution in [1.29, 1.82) is 0 Å². The summed E-state index contributed by atoms with van der Waals surface area (Å²) in [5.41, 5.74) is 7.10. The van der Waals surface area contributed by atoms with Crippen LogP contribution < -0.4 is 5.73 Å². The Morgan fingerprint density at radius 2 is 2.31 bits per heavy atom. The van der Waals surface area contributed by atoms with Gasteiger partial charge in [0.2, 0.25) is 0 Å². The number of rotatable bonds is 3. The molecule has 0 saturated heterocycles. The second-order valence-electron chi connectivity index (χ2n) is 3.04. The van der Waals surface area contributed by atoms with Gasteiger partial charge in [-0.1, -0.05) is 5.57 Å². The van der Waals surface area contributed by atoms with E-state index in [0.717, 1.165) is 20.3 Å². The Hall–Kier alpha value is 0.360. The van der Waals surface area contributed by atoms with E-state index in [-0.39, 0.29) is 6.04 Å². The Morgan fingerprint density at radius 3 is 2.69 bits per heavy atom. The fourth-order valence-electron chi connectivity index (χ4n) is 1.02. The summed E-state index contributed by atoms with van der Waals surface area (Å²) < 4.78 is 2.17. The first-order valence-electron chi connectivity index (χ1n) is 3.85. The normalized spacial score (nSPS) is 12.9. The first-order chi connectivity index (χ1) is 6.00. The van der Waals surface area contributed by atoms with Gasteiger partial charge >= 0.3 is 0 Å². The summed E-state index contributed by atoms with van der Waals surface area (Å²) in [6, 6.07) is 2.13. The lowest BCUT2D eigenvalue weighted by Gasteiger charge is -2.07. The lowest BCUT2D eigenvalue weighted by Crippen LogP contribution is -2.08. The van der Waals surface area contributed by atoms with Crippen molar-refractivity contribution >= 4 is 43.2 Å². The monoisotopic (exact) mass is 323 g/mol. The highest BCUT2D eigenvalue weighted by atomic mass is 79.9. The molecule has 0 aliphatic rings. The molecule has 0 bridgehead atoms. The first kappa shape index (κ1) is 11.4. The SMILES string of the molecule is C=C(C)C[C@@H](N)c1cc(Br)c(Br)s1. The molecule has 0 amide bonds. The molecule has 0 saturated carbocycles. The van der Waals surface area contributed by atoms with Gasteiger partial charge in [0.25, 0.3) is 0 Å². The van der Waals surface area contributed by atoms with Gasteiger partial charge in [-0.25, -0.2) is 0 Å². The molecular weight excluding hydrogens is 314 g/mol. The zero-order valence-corrected chi connectivity index (χ0v) is 11.3. The van der Waals surface area contributed by atoms with E-state index in [9.17, 15) is 0 Å². The van der Waals surface area contributed by atoms with Crippen molar-refractivity contribution in [3.05, 3.63) is 31.4 Å². The van der Waals surface area contributed by atoms with Gasteiger partial charge in [-0.3, -0.25) is 0 Å². The summed E-state index contributed by atoms with van der Waals surface area (Å²) in [5, 5.41) is 0. The lowest BCUT2D eigenvalue weighted by molar-refractivity contribution is 0.731. The fourth-order valence-corrected chi connectivity index (χ4v) is 3.11. The van der Waals surface area contributed by atoms with E-state index in [4.69, 9.17) is 5.73 Å². The van der Waals surface area contributed by atoms with Gasteiger partial charge < -0.3 is 5.73 Å². The van der Waals surface area contributed by atoms with Gasteiger partial charge in [0, 0.05) is 15.4 Å². The maximum Gasteiger partial charge on any atom is 0.0843 e. The summed E-state index contributed by atoms with van der Waals surface area (Å²) in [5.74, 6) is 0. The maximum absolute atomic E-state index is 5.99. The molecule has 0 aliphatic carbocycles. The van der Waals surface area contributed by atoms with Crippen molar-refractivity contribution in [3.8, 4) is 0 Å². The highest BCUT2D eigenvalue weighted by Gasteiger charge is 2.11. The van der Waals surface area contributed by atoms with E-state index < -0.39 is 0 Å². The van der Waals surface area contributed by atoms with Crippen LogP contribution in [0.5, 0.6) is 0 Å². The molecule has 4 heteroatoms. The molecule has 0 aliphatic heterocycles. The standard InChI is InChI=1S/C9H11Br2NS/c1-5(2)3-7(12)8-4-6(10)9(11)13-8/h4,7H,1,3,12H2,2H3/t7-/m1/s1. The summed E-state index contributed by atoms with van der Waals surface area (Å²) in [6.45, 7) is 5.85.